The van der Waals surface area contributed by atoms with Crippen LogP contribution in [-0.2, 0) is 10.8 Å². The van der Waals surface area contributed by atoms with E-state index < -0.39 is 10.8 Å². The lowest BCUT2D eigenvalue weighted by Gasteiger charge is -2.45. The van der Waals surface area contributed by atoms with Crippen molar-refractivity contribution >= 4 is 47.0 Å². The molecule has 0 fully saturated rings. The van der Waals surface area contributed by atoms with Crippen LogP contribution >= 0.6 is 47.0 Å². The molecule has 1 nitrogen and oxygen atoms in total. The Labute approximate surface area is 543 Å². The summed E-state index contributed by atoms with van der Waals surface area (Å²) in [5.74, 6) is 0. The summed E-state index contributed by atoms with van der Waals surface area (Å²) in [5, 5.41) is 0. The second-order valence-electron chi connectivity index (χ2n) is 23.2. The van der Waals surface area contributed by atoms with E-state index in [2.05, 4.69) is 327 Å². The van der Waals surface area contributed by atoms with Crippen LogP contribution in [0, 0.1) is 0 Å². The molecule has 0 amide bonds. The number of benzene rings is 13. The van der Waals surface area contributed by atoms with Gasteiger partial charge in [-0.2, -0.15) is 0 Å². The van der Waals surface area contributed by atoms with Crippen molar-refractivity contribution in [1.29, 1.82) is 0 Å². The molecule has 4 aliphatic heterocycles. The SMILES string of the molecule is c1ccc(-c2cccc(-c3ccc4c(c3)Sc3ccccc3C43c4ccccc4Sc4cc(-c5ccccc5)ccc43)c2)cc1.c1ccc(-c2cccc(-c3ccc4c(c3)Sc3ccccc3C43c4ccccc4Sc4cc(-c5ccccn5)ccc43)c2)cc1. The van der Waals surface area contributed by atoms with Crippen molar-refractivity contribution in [3.8, 4) is 66.9 Å². The van der Waals surface area contributed by atoms with E-state index in [9.17, 15) is 0 Å². The largest absolute Gasteiger partial charge is 0.256 e. The molecule has 14 aromatic rings. The molecule has 4 aliphatic rings. The first-order chi connectivity index (χ1) is 44.6. The second kappa shape index (κ2) is 22.8. The fourth-order valence-corrected chi connectivity index (χ4v) is 19.1. The Morgan fingerprint density at radius 2 is 0.433 bits per heavy atom. The van der Waals surface area contributed by atoms with Gasteiger partial charge in [-0.3, -0.25) is 4.98 Å². The molecule has 0 aliphatic carbocycles. The summed E-state index contributed by atoms with van der Waals surface area (Å²) in [5.41, 5.74) is 24.5. The van der Waals surface area contributed by atoms with E-state index in [0.29, 0.717) is 0 Å². The van der Waals surface area contributed by atoms with Crippen LogP contribution in [0.2, 0.25) is 0 Å². The summed E-state index contributed by atoms with van der Waals surface area (Å²) in [7, 11) is 0. The quantitative estimate of drug-likeness (QED) is 0.164. The van der Waals surface area contributed by atoms with Gasteiger partial charge >= 0.3 is 0 Å². The average Bonchev–Trinajstić information content (AvgIpc) is 0.700. The number of hydrogen-bond acceptors (Lipinski definition) is 5. The topological polar surface area (TPSA) is 12.9 Å². The average molecular weight is 1220 g/mol. The molecule has 2 atom stereocenters. The Kier molecular flexibility index (Phi) is 13.8. The van der Waals surface area contributed by atoms with Crippen molar-refractivity contribution in [2.24, 2.45) is 0 Å². The van der Waals surface area contributed by atoms with Crippen molar-refractivity contribution in [3.05, 3.63) is 378 Å². The molecule has 5 heterocycles. The summed E-state index contributed by atoms with van der Waals surface area (Å²) in [6.07, 6.45) is 1.87. The molecule has 2 spiro atoms. The van der Waals surface area contributed by atoms with E-state index in [-0.39, 0.29) is 0 Å². The van der Waals surface area contributed by atoms with Crippen LogP contribution in [0.3, 0.4) is 0 Å². The molecule has 18 rings (SSSR count). The molecule has 0 bridgehead atoms. The van der Waals surface area contributed by atoms with Gasteiger partial charge in [0, 0.05) is 50.9 Å². The molecule has 13 aromatic carbocycles. The standard InChI is InChI=1S/C43H28S2.C42H27NS2/c1-3-12-29(13-4-1)31-16-11-17-32(26-31)34-23-25-38-42(28-34)45-40-21-10-8-19-36(40)43(38)35-18-7-9-20-39(35)44-41-27-33(22-24-37(41)43)30-14-5-2-6-15-30;1-2-11-28(12-3-1)29-13-10-14-30(25-29)31-20-22-35-40(26-31)44-38-18-6-4-15-33(38)42(35)34-16-5-7-19-39(34)45-41-27-32(21-23-36(41)42)37-17-8-9-24-43-37/h1-28H;1-27H. The molecular weight excluding hydrogens is 1160 g/mol. The van der Waals surface area contributed by atoms with Crippen LogP contribution in [0.25, 0.3) is 66.9 Å². The molecule has 5 heteroatoms. The Morgan fingerprint density at radius 3 is 0.778 bits per heavy atom. The summed E-state index contributed by atoms with van der Waals surface area (Å²) in [6, 6.07) is 120. The lowest BCUT2D eigenvalue weighted by Crippen LogP contribution is -2.36. The van der Waals surface area contributed by atoms with Crippen LogP contribution in [-0.4, -0.2) is 4.98 Å². The predicted molar refractivity (Wildman–Crippen MR) is 376 cm³/mol. The third-order valence-electron chi connectivity index (χ3n) is 18.3. The minimum Gasteiger partial charge on any atom is -0.256 e. The van der Waals surface area contributed by atoms with Crippen LogP contribution in [0.15, 0.2) is 373 Å². The molecule has 1 aromatic heterocycles. The van der Waals surface area contributed by atoms with E-state index in [0.717, 1.165) is 11.3 Å². The molecule has 0 saturated heterocycles. The van der Waals surface area contributed by atoms with Crippen molar-refractivity contribution in [1.82, 2.24) is 4.98 Å². The number of nitrogens with zero attached hydrogens (tertiary/aromatic N) is 1. The van der Waals surface area contributed by atoms with E-state index in [1.165, 1.54) is 139 Å². The monoisotopic (exact) mass is 1220 g/mol. The normalized spacial score (nSPS) is 15.9. The fraction of sp³-hybridized carbons (Fsp3) is 0.0235. The van der Waals surface area contributed by atoms with Gasteiger partial charge < -0.3 is 0 Å². The van der Waals surface area contributed by atoms with Gasteiger partial charge in [0.25, 0.3) is 0 Å². The summed E-state index contributed by atoms with van der Waals surface area (Å²) in [6.45, 7) is 0. The minimum atomic E-state index is -0.429. The van der Waals surface area contributed by atoms with Crippen molar-refractivity contribution in [2.45, 2.75) is 50.0 Å². The summed E-state index contributed by atoms with van der Waals surface area (Å²) >= 11 is 7.57. The number of rotatable bonds is 6. The van der Waals surface area contributed by atoms with Crippen molar-refractivity contribution in [3.63, 3.8) is 0 Å². The van der Waals surface area contributed by atoms with E-state index in [1.54, 1.807) is 0 Å². The number of hydrogen-bond donors (Lipinski definition) is 0. The van der Waals surface area contributed by atoms with E-state index in [1.807, 2.05) is 59.3 Å². The zero-order valence-corrected chi connectivity index (χ0v) is 52.1. The van der Waals surface area contributed by atoms with Gasteiger partial charge in [-0.15, -0.1) is 0 Å². The highest BCUT2D eigenvalue weighted by atomic mass is 32.2. The maximum atomic E-state index is 4.67. The molecular formula is C85H55NS4. The number of pyridine rings is 1. The smallest absolute Gasteiger partial charge is 0.0745 e. The van der Waals surface area contributed by atoms with Gasteiger partial charge in [0.2, 0.25) is 0 Å². The first kappa shape index (κ1) is 54.6. The maximum Gasteiger partial charge on any atom is 0.0745 e. The van der Waals surface area contributed by atoms with Crippen LogP contribution in [0.1, 0.15) is 44.5 Å². The van der Waals surface area contributed by atoms with Crippen LogP contribution in [0.5, 0.6) is 0 Å². The number of fused-ring (bicyclic) bond motifs is 16. The number of aromatic nitrogens is 1. The maximum absolute atomic E-state index is 4.67. The highest BCUT2D eigenvalue weighted by Gasteiger charge is 2.50. The Bertz CT molecular complexity index is 4740. The predicted octanol–water partition coefficient (Wildman–Crippen LogP) is 23.4. The van der Waals surface area contributed by atoms with Gasteiger partial charge in [0.15, 0.2) is 0 Å². The molecule has 424 valence electrons. The van der Waals surface area contributed by atoms with Crippen LogP contribution in [0.4, 0.5) is 0 Å². The molecule has 2 unspecified atom stereocenters. The third kappa shape index (κ3) is 9.17. The van der Waals surface area contributed by atoms with Gasteiger partial charge in [-0.25, -0.2) is 0 Å². The second-order valence-corrected chi connectivity index (χ2v) is 27.5. The third-order valence-corrected chi connectivity index (χ3v) is 22.8. The highest BCUT2D eigenvalue weighted by molar-refractivity contribution is 8.00. The minimum absolute atomic E-state index is 0.409. The van der Waals surface area contributed by atoms with E-state index >= 15 is 0 Å². The Balaban J connectivity index is 0.000000139. The molecule has 0 N–H and O–H groups in total. The van der Waals surface area contributed by atoms with Crippen molar-refractivity contribution in [2.75, 3.05) is 0 Å². The summed E-state index contributed by atoms with van der Waals surface area (Å²) < 4.78 is 0. The van der Waals surface area contributed by atoms with E-state index in [4.69, 9.17) is 0 Å². The van der Waals surface area contributed by atoms with Gasteiger partial charge in [-0.1, -0.05) is 302 Å². The fourth-order valence-electron chi connectivity index (χ4n) is 14.2. The zero-order valence-electron chi connectivity index (χ0n) is 48.8. The van der Waals surface area contributed by atoms with Crippen LogP contribution < -0.4 is 0 Å². The first-order valence-corrected chi connectivity index (χ1v) is 33.8. The summed E-state index contributed by atoms with van der Waals surface area (Å²) in [4.78, 5) is 15.1. The first-order valence-electron chi connectivity index (χ1n) is 30.5. The molecule has 90 heavy (non-hydrogen) atoms. The molecule has 0 radical (unpaired) electrons. The lowest BCUT2D eigenvalue weighted by molar-refractivity contribution is 0.667. The van der Waals surface area contributed by atoms with Crippen molar-refractivity contribution < 1.29 is 0 Å². The Hall–Kier alpha value is -9.59. The Morgan fingerprint density at radius 1 is 0.178 bits per heavy atom. The van der Waals surface area contributed by atoms with Gasteiger partial charge in [0.1, 0.15) is 0 Å². The van der Waals surface area contributed by atoms with Gasteiger partial charge in [0.05, 0.1) is 16.5 Å². The van der Waals surface area contributed by atoms with Gasteiger partial charge in [-0.05, 0) is 173 Å². The highest BCUT2D eigenvalue weighted by Crippen LogP contribution is 2.64. The lowest BCUT2D eigenvalue weighted by atomic mass is 9.64. The molecule has 0 saturated carbocycles. The zero-order chi connectivity index (χ0) is 59.6.